The zero-order valence-corrected chi connectivity index (χ0v) is 18.5. The number of fused-ring (bicyclic) bond motifs is 1. The Morgan fingerprint density at radius 2 is 2.06 bits per heavy atom. The Balaban J connectivity index is 1.49. The van der Waals surface area contributed by atoms with Crippen LogP contribution in [0.25, 0.3) is 10.9 Å². The van der Waals surface area contributed by atoms with Crippen molar-refractivity contribution in [2.75, 3.05) is 23.3 Å². The van der Waals surface area contributed by atoms with Crippen molar-refractivity contribution in [2.24, 2.45) is 0 Å². The maximum absolute atomic E-state index is 12.7. The van der Waals surface area contributed by atoms with E-state index in [1.807, 2.05) is 24.3 Å². The highest BCUT2D eigenvalue weighted by atomic mass is 16.2. The van der Waals surface area contributed by atoms with Crippen LogP contribution in [-0.2, 0) is 4.79 Å². The first kappa shape index (κ1) is 21.7. The van der Waals surface area contributed by atoms with Crippen LogP contribution in [-0.4, -0.2) is 35.4 Å². The molecule has 2 N–H and O–H groups in total. The molecule has 166 valence electrons. The van der Waals surface area contributed by atoms with E-state index in [1.54, 1.807) is 24.3 Å². The third kappa shape index (κ3) is 4.85. The van der Waals surface area contributed by atoms with Crippen LogP contribution in [0.1, 0.15) is 44.1 Å². The minimum Gasteiger partial charge on any atom is -0.378 e. The second-order valence-electron chi connectivity index (χ2n) is 8.23. The molecule has 0 spiro atoms. The van der Waals surface area contributed by atoms with E-state index in [9.17, 15) is 9.59 Å². The molecule has 0 aliphatic carbocycles. The molecule has 2 aromatic carbocycles. The lowest BCUT2D eigenvalue weighted by atomic mass is 9.93. The average Bonchev–Trinajstić information content (AvgIpc) is 3.24. The number of carbonyl (C=O) groups is 2. The van der Waals surface area contributed by atoms with Crippen molar-refractivity contribution < 1.29 is 9.59 Å². The first-order valence-corrected chi connectivity index (χ1v) is 11.3. The minimum absolute atomic E-state index is 0.341. The molecule has 1 aromatic heterocycles. The van der Waals surface area contributed by atoms with E-state index >= 15 is 0 Å². The molecule has 0 saturated heterocycles. The van der Waals surface area contributed by atoms with E-state index in [0.717, 1.165) is 35.3 Å². The number of urea groups is 1. The molecule has 4 rings (SSSR count). The smallest absolute Gasteiger partial charge is 0.332 e. The van der Waals surface area contributed by atoms with Crippen LogP contribution in [0.2, 0.25) is 0 Å². The van der Waals surface area contributed by atoms with Gasteiger partial charge in [-0.05, 0) is 54.9 Å². The summed E-state index contributed by atoms with van der Waals surface area (Å²) in [7, 11) is 0. The van der Waals surface area contributed by atoms with E-state index in [1.165, 1.54) is 24.8 Å². The van der Waals surface area contributed by atoms with Crippen LogP contribution in [0.15, 0.2) is 67.0 Å². The topological polar surface area (TPSA) is 68.4 Å². The van der Waals surface area contributed by atoms with Gasteiger partial charge in [-0.2, -0.15) is 0 Å². The van der Waals surface area contributed by atoms with Gasteiger partial charge in [-0.1, -0.05) is 44.0 Å². The number of rotatable bonds is 8. The number of hydrogen-bond acceptors (Lipinski definition) is 3. The molecule has 3 amide bonds. The Bertz CT molecular complexity index is 1090. The van der Waals surface area contributed by atoms with E-state index in [2.05, 4.69) is 40.6 Å². The largest absolute Gasteiger partial charge is 0.378 e. The number of unbranched alkanes of at least 4 members (excludes halogenated alkanes) is 2. The minimum atomic E-state index is -0.483. The van der Waals surface area contributed by atoms with Crippen molar-refractivity contribution in [1.29, 1.82) is 0 Å². The third-order valence-corrected chi connectivity index (χ3v) is 6.03. The number of aromatic nitrogens is 1. The van der Waals surface area contributed by atoms with E-state index in [-0.39, 0.29) is 0 Å². The molecule has 0 fully saturated rings. The molecule has 0 radical (unpaired) electrons. The molecule has 32 heavy (non-hydrogen) atoms. The van der Waals surface area contributed by atoms with Gasteiger partial charge in [-0.25, -0.2) is 9.69 Å². The summed E-state index contributed by atoms with van der Waals surface area (Å²) in [4.78, 5) is 31.1. The fourth-order valence-corrected chi connectivity index (χ4v) is 4.24. The number of amides is 3. The average molecular weight is 431 g/mol. The number of benzene rings is 2. The van der Waals surface area contributed by atoms with E-state index in [0.29, 0.717) is 23.7 Å². The number of allylic oxidation sites excluding steroid dienone is 1. The predicted molar refractivity (Wildman–Crippen MR) is 130 cm³/mol. The Labute approximate surface area is 188 Å². The predicted octanol–water partition coefficient (Wildman–Crippen LogP) is 5.86. The van der Waals surface area contributed by atoms with Gasteiger partial charge in [0.2, 0.25) is 6.41 Å². The SMILES string of the molecule is CCCCCN1C=CC(c2c[nH]c3ccc(NC(=O)N(C=O)c4ccccc4)cc23)CC1. The summed E-state index contributed by atoms with van der Waals surface area (Å²) in [5, 5.41) is 3.95. The molecule has 0 saturated carbocycles. The molecular formula is C26H30N4O2. The number of aromatic amines is 1. The van der Waals surface area contributed by atoms with Gasteiger partial charge in [0.05, 0.1) is 5.69 Å². The first-order valence-electron chi connectivity index (χ1n) is 11.3. The quantitative estimate of drug-likeness (QED) is 0.348. The molecule has 2 heterocycles. The van der Waals surface area contributed by atoms with Gasteiger partial charge in [-0.15, -0.1) is 0 Å². The fraction of sp³-hybridized carbons (Fsp3) is 0.308. The fourth-order valence-electron chi connectivity index (χ4n) is 4.24. The summed E-state index contributed by atoms with van der Waals surface area (Å²) in [6, 6.07) is 14.2. The molecule has 1 aliphatic heterocycles. The number of para-hydroxylation sites is 1. The van der Waals surface area contributed by atoms with Crippen LogP contribution < -0.4 is 10.2 Å². The first-order chi connectivity index (χ1) is 15.7. The number of imide groups is 1. The van der Waals surface area contributed by atoms with Gasteiger partial charge < -0.3 is 15.2 Å². The zero-order valence-electron chi connectivity index (χ0n) is 18.5. The molecule has 1 atom stereocenters. The summed E-state index contributed by atoms with van der Waals surface area (Å²) in [5.41, 5.74) is 3.45. The lowest BCUT2D eigenvalue weighted by Crippen LogP contribution is -2.33. The van der Waals surface area contributed by atoms with Crippen molar-refractivity contribution in [3.8, 4) is 0 Å². The van der Waals surface area contributed by atoms with Gasteiger partial charge in [0.15, 0.2) is 0 Å². The number of nitrogens with one attached hydrogen (secondary N) is 2. The Morgan fingerprint density at radius 3 is 2.78 bits per heavy atom. The van der Waals surface area contributed by atoms with Crippen molar-refractivity contribution in [3.05, 3.63) is 72.6 Å². The molecule has 6 heteroatoms. The molecule has 3 aromatic rings. The maximum atomic E-state index is 12.7. The highest BCUT2D eigenvalue weighted by Gasteiger charge is 2.19. The number of anilines is 2. The molecule has 1 unspecified atom stereocenters. The Morgan fingerprint density at radius 1 is 1.22 bits per heavy atom. The highest BCUT2D eigenvalue weighted by Crippen LogP contribution is 2.33. The number of carbonyl (C=O) groups excluding carboxylic acids is 2. The van der Waals surface area contributed by atoms with Gasteiger partial charge in [0, 0.05) is 41.8 Å². The van der Waals surface area contributed by atoms with Crippen molar-refractivity contribution >= 4 is 34.7 Å². The maximum Gasteiger partial charge on any atom is 0.332 e. The number of hydrogen-bond donors (Lipinski definition) is 2. The standard InChI is InChI=1S/C26H30N4O2/c1-2-3-7-14-29-15-12-20(13-16-29)24-18-27-25-11-10-21(17-23(24)25)28-26(32)30(19-31)22-8-5-4-6-9-22/h4-6,8-12,15,17-20,27H,2-3,7,13-14,16H2,1H3,(H,28,32). The van der Waals surface area contributed by atoms with Crippen LogP contribution in [0.3, 0.4) is 0 Å². The normalized spacial score (nSPS) is 15.7. The molecule has 1 aliphatic rings. The summed E-state index contributed by atoms with van der Waals surface area (Å²) >= 11 is 0. The molecular weight excluding hydrogens is 400 g/mol. The lowest BCUT2D eigenvalue weighted by Gasteiger charge is -2.27. The van der Waals surface area contributed by atoms with Gasteiger partial charge in [-0.3, -0.25) is 4.79 Å². The van der Waals surface area contributed by atoms with Gasteiger partial charge in [0.1, 0.15) is 0 Å². The number of H-pyrrole nitrogens is 1. The molecule has 0 bridgehead atoms. The van der Waals surface area contributed by atoms with Crippen molar-refractivity contribution in [2.45, 2.75) is 38.5 Å². The highest BCUT2D eigenvalue weighted by molar-refractivity contribution is 6.12. The summed E-state index contributed by atoms with van der Waals surface area (Å²) < 4.78 is 0. The van der Waals surface area contributed by atoms with Crippen LogP contribution >= 0.6 is 0 Å². The van der Waals surface area contributed by atoms with Gasteiger partial charge in [0.25, 0.3) is 0 Å². The molecule has 6 nitrogen and oxygen atoms in total. The Hall–Kier alpha value is -3.54. The van der Waals surface area contributed by atoms with E-state index in [4.69, 9.17) is 0 Å². The summed E-state index contributed by atoms with van der Waals surface area (Å²) in [6.07, 6.45) is 11.9. The Kier molecular flexibility index (Phi) is 6.90. The van der Waals surface area contributed by atoms with Crippen LogP contribution in [0.4, 0.5) is 16.2 Å². The number of nitrogens with zero attached hydrogens (tertiary/aromatic N) is 2. The van der Waals surface area contributed by atoms with E-state index < -0.39 is 6.03 Å². The zero-order chi connectivity index (χ0) is 22.3. The second-order valence-corrected chi connectivity index (χ2v) is 8.23. The lowest BCUT2D eigenvalue weighted by molar-refractivity contribution is -0.106. The summed E-state index contributed by atoms with van der Waals surface area (Å²) in [6.45, 7) is 4.41. The summed E-state index contributed by atoms with van der Waals surface area (Å²) in [5.74, 6) is 0.341. The van der Waals surface area contributed by atoms with Crippen molar-refractivity contribution in [1.82, 2.24) is 9.88 Å². The third-order valence-electron chi connectivity index (χ3n) is 6.03. The van der Waals surface area contributed by atoms with Crippen molar-refractivity contribution in [3.63, 3.8) is 0 Å². The van der Waals surface area contributed by atoms with Crippen LogP contribution in [0, 0.1) is 0 Å². The van der Waals surface area contributed by atoms with Crippen LogP contribution in [0.5, 0.6) is 0 Å². The monoisotopic (exact) mass is 430 g/mol. The van der Waals surface area contributed by atoms with Gasteiger partial charge >= 0.3 is 6.03 Å². The second kappa shape index (κ2) is 10.2.